The Hall–Kier alpha value is -0.590. The lowest BCUT2D eigenvalue weighted by atomic mass is 9.92. The van der Waals surface area contributed by atoms with Crippen LogP contribution in [0.3, 0.4) is 0 Å². The van der Waals surface area contributed by atoms with E-state index in [4.69, 9.17) is 0 Å². The molecule has 0 aromatic rings. The van der Waals surface area contributed by atoms with Crippen LogP contribution in [0.4, 0.5) is 0 Å². The summed E-state index contributed by atoms with van der Waals surface area (Å²) in [7, 11) is 0. The van der Waals surface area contributed by atoms with Crippen molar-refractivity contribution >= 4 is 5.78 Å². The third kappa shape index (κ3) is 3.19. The molecule has 0 N–H and O–H groups in total. The molecular weight excluding hydrogens is 184 g/mol. The Labute approximate surface area is 92.9 Å². The van der Waals surface area contributed by atoms with Gasteiger partial charge in [-0.05, 0) is 44.9 Å². The minimum absolute atomic E-state index is 0.425. The van der Waals surface area contributed by atoms with Gasteiger partial charge in [0.25, 0.3) is 0 Å². The molecule has 1 heteroatoms. The molecule has 0 heterocycles. The van der Waals surface area contributed by atoms with Crippen LogP contribution in [0.2, 0.25) is 0 Å². The van der Waals surface area contributed by atoms with Gasteiger partial charge in [0.1, 0.15) is 5.78 Å². The van der Waals surface area contributed by atoms with Crippen LogP contribution < -0.4 is 0 Å². The summed E-state index contributed by atoms with van der Waals surface area (Å²) in [6, 6.07) is 0. The highest BCUT2D eigenvalue weighted by molar-refractivity contribution is 5.81. The molecule has 0 amide bonds. The number of Topliss-reactive ketones (excluding diaryl/α,β-unsaturated/α-hetero) is 1. The van der Waals surface area contributed by atoms with Gasteiger partial charge in [-0.3, -0.25) is 4.79 Å². The second-order valence-electron chi connectivity index (χ2n) is 5.06. The van der Waals surface area contributed by atoms with Crippen molar-refractivity contribution in [2.75, 3.05) is 0 Å². The maximum absolute atomic E-state index is 11.9. The highest BCUT2D eigenvalue weighted by Crippen LogP contribution is 2.28. The first-order valence-corrected chi connectivity index (χ1v) is 6.57. The van der Waals surface area contributed by atoms with Crippen LogP contribution in [-0.2, 0) is 4.79 Å². The lowest BCUT2D eigenvalue weighted by Crippen LogP contribution is -2.10. The van der Waals surface area contributed by atoms with Crippen LogP contribution in [-0.4, -0.2) is 5.78 Å². The summed E-state index contributed by atoms with van der Waals surface area (Å²) in [6.07, 6.45) is 14.3. The molecule has 84 valence electrons. The highest BCUT2D eigenvalue weighted by Gasteiger charge is 2.22. The Morgan fingerprint density at radius 2 is 2.00 bits per heavy atom. The number of allylic oxidation sites excluding steroid dienone is 2. The monoisotopic (exact) mass is 206 g/mol. The van der Waals surface area contributed by atoms with Gasteiger partial charge in [-0.2, -0.15) is 0 Å². The molecule has 1 nitrogen and oxygen atoms in total. The molecule has 0 saturated heterocycles. The van der Waals surface area contributed by atoms with E-state index in [9.17, 15) is 4.79 Å². The van der Waals surface area contributed by atoms with Gasteiger partial charge in [0, 0.05) is 12.3 Å². The predicted octanol–water partition coefficient (Wildman–Crippen LogP) is 4.03. The number of ketones is 1. The fraction of sp³-hybridized carbons (Fsp3) is 0.786. The maximum atomic E-state index is 11.9. The van der Waals surface area contributed by atoms with E-state index in [1.165, 1.54) is 38.5 Å². The molecule has 0 aromatic carbocycles. The lowest BCUT2D eigenvalue weighted by molar-refractivity contribution is -0.122. The smallest absolute Gasteiger partial charge is 0.136 e. The molecule has 2 rings (SSSR count). The average Bonchev–Trinajstić information content (AvgIpc) is 2.81. The van der Waals surface area contributed by atoms with Gasteiger partial charge >= 0.3 is 0 Å². The molecule has 2 aliphatic carbocycles. The Kier molecular flexibility index (Phi) is 3.99. The van der Waals surface area contributed by atoms with Gasteiger partial charge in [0.15, 0.2) is 0 Å². The molecule has 0 bridgehead atoms. The summed E-state index contributed by atoms with van der Waals surface area (Å²) in [4.78, 5) is 11.9. The number of hydrogen-bond donors (Lipinski definition) is 0. The van der Waals surface area contributed by atoms with Crippen molar-refractivity contribution in [1.29, 1.82) is 0 Å². The van der Waals surface area contributed by atoms with Crippen molar-refractivity contribution in [3.05, 3.63) is 11.6 Å². The molecule has 1 fully saturated rings. The predicted molar refractivity (Wildman–Crippen MR) is 62.8 cm³/mol. The molecule has 1 saturated carbocycles. The van der Waals surface area contributed by atoms with Crippen LogP contribution in [0.15, 0.2) is 11.6 Å². The summed E-state index contributed by atoms with van der Waals surface area (Å²) in [5.41, 5.74) is 1.55. The van der Waals surface area contributed by atoms with Gasteiger partial charge in [0.05, 0.1) is 0 Å². The van der Waals surface area contributed by atoms with Crippen LogP contribution in [0.25, 0.3) is 0 Å². The van der Waals surface area contributed by atoms with Crippen molar-refractivity contribution in [3.8, 4) is 0 Å². The fourth-order valence-corrected chi connectivity index (χ4v) is 2.87. The second-order valence-corrected chi connectivity index (χ2v) is 5.06. The van der Waals surface area contributed by atoms with E-state index in [2.05, 4.69) is 6.08 Å². The minimum Gasteiger partial charge on any atom is -0.299 e. The van der Waals surface area contributed by atoms with Gasteiger partial charge < -0.3 is 0 Å². The second kappa shape index (κ2) is 5.48. The maximum Gasteiger partial charge on any atom is 0.136 e. The van der Waals surface area contributed by atoms with E-state index in [-0.39, 0.29) is 0 Å². The summed E-state index contributed by atoms with van der Waals surface area (Å²) >= 11 is 0. The molecule has 0 atom stereocenters. The van der Waals surface area contributed by atoms with Crippen molar-refractivity contribution in [2.24, 2.45) is 5.92 Å². The molecular formula is C14H22O. The highest BCUT2D eigenvalue weighted by atomic mass is 16.1. The van der Waals surface area contributed by atoms with Crippen molar-refractivity contribution < 1.29 is 4.79 Å². The summed E-state index contributed by atoms with van der Waals surface area (Å²) < 4.78 is 0. The molecule has 0 radical (unpaired) electrons. The zero-order chi connectivity index (χ0) is 10.5. The normalized spacial score (nSPS) is 22.8. The van der Waals surface area contributed by atoms with Crippen LogP contribution >= 0.6 is 0 Å². The molecule has 0 aromatic heterocycles. The Morgan fingerprint density at radius 1 is 1.20 bits per heavy atom. The molecule has 0 unspecified atom stereocenters. The third-order valence-electron chi connectivity index (χ3n) is 3.89. The minimum atomic E-state index is 0.425. The zero-order valence-corrected chi connectivity index (χ0v) is 9.63. The van der Waals surface area contributed by atoms with Crippen molar-refractivity contribution in [2.45, 2.75) is 64.2 Å². The Bertz CT molecular complexity index is 246. The number of carbonyl (C=O) groups is 1. The van der Waals surface area contributed by atoms with E-state index < -0.39 is 0 Å². The largest absolute Gasteiger partial charge is 0.299 e. The van der Waals surface area contributed by atoms with E-state index in [1.807, 2.05) is 0 Å². The fourth-order valence-electron chi connectivity index (χ4n) is 2.87. The van der Waals surface area contributed by atoms with Crippen molar-refractivity contribution in [3.63, 3.8) is 0 Å². The first kappa shape index (κ1) is 10.9. The molecule has 0 aliphatic heterocycles. The van der Waals surface area contributed by atoms with E-state index in [0.29, 0.717) is 11.7 Å². The quantitative estimate of drug-likeness (QED) is 0.635. The molecule has 0 spiro atoms. The standard InChI is InChI=1S/C14H22O/c15-14(13-8-4-5-9-13)11-10-12-6-2-1-3-7-12/h6,13H,1-5,7-11H2. The average molecular weight is 206 g/mol. The Morgan fingerprint density at radius 3 is 2.67 bits per heavy atom. The van der Waals surface area contributed by atoms with E-state index in [0.717, 1.165) is 25.7 Å². The number of hydrogen-bond acceptors (Lipinski definition) is 1. The van der Waals surface area contributed by atoms with E-state index in [1.54, 1.807) is 5.57 Å². The van der Waals surface area contributed by atoms with Gasteiger partial charge in [-0.15, -0.1) is 0 Å². The number of rotatable bonds is 4. The van der Waals surface area contributed by atoms with Crippen molar-refractivity contribution in [1.82, 2.24) is 0 Å². The van der Waals surface area contributed by atoms with E-state index >= 15 is 0 Å². The summed E-state index contributed by atoms with van der Waals surface area (Å²) in [5.74, 6) is 0.966. The van der Waals surface area contributed by atoms with Crippen LogP contribution in [0.1, 0.15) is 64.2 Å². The van der Waals surface area contributed by atoms with Crippen LogP contribution in [0.5, 0.6) is 0 Å². The first-order valence-electron chi connectivity index (χ1n) is 6.57. The molecule has 15 heavy (non-hydrogen) atoms. The third-order valence-corrected chi connectivity index (χ3v) is 3.89. The van der Waals surface area contributed by atoms with Gasteiger partial charge in [-0.1, -0.05) is 24.5 Å². The number of carbonyl (C=O) groups excluding carboxylic acids is 1. The van der Waals surface area contributed by atoms with Crippen LogP contribution in [0, 0.1) is 5.92 Å². The lowest BCUT2D eigenvalue weighted by Gasteiger charge is -2.13. The van der Waals surface area contributed by atoms with Gasteiger partial charge in [0.2, 0.25) is 0 Å². The van der Waals surface area contributed by atoms with Gasteiger partial charge in [-0.25, -0.2) is 0 Å². The Balaban J connectivity index is 1.72. The topological polar surface area (TPSA) is 17.1 Å². The SMILES string of the molecule is O=C(CCC1=CCCCC1)C1CCCC1. The summed E-state index contributed by atoms with van der Waals surface area (Å²) in [6.45, 7) is 0. The molecule has 2 aliphatic rings. The first-order chi connectivity index (χ1) is 7.36. The zero-order valence-electron chi connectivity index (χ0n) is 9.63. The summed E-state index contributed by atoms with van der Waals surface area (Å²) in [5, 5.41) is 0.